The van der Waals surface area contributed by atoms with Crippen molar-refractivity contribution in [1.82, 2.24) is 4.90 Å². The third-order valence-corrected chi connectivity index (χ3v) is 12.4. The number of cyclic esters (lactones) is 1. The number of hydrogen-bond acceptors (Lipinski definition) is 7. The first-order chi connectivity index (χ1) is 18.4. The van der Waals surface area contributed by atoms with Gasteiger partial charge < -0.3 is 25.4 Å². The number of carbonyl (C=O) groups is 2. The van der Waals surface area contributed by atoms with E-state index in [1.807, 2.05) is 37.1 Å². The van der Waals surface area contributed by atoms with Crippen LogP contribution in [0.25, 0.3) is 0 Å². The minimum atomic E-state index is -1.47. The monoisotopic (exact) mass is 650 g/mol. The molecule has 9 heteroatoms. The highest BCUT2D eigenvalue weighted by Gasteiger charge is 2.79. The van der Waals surface area contributed by atoms with Crippen LogP contribution in [0, 0.1) is 37.6 Å². The fourth-order valence-corrected chi connectivity index (χ4v) is 10.3. The molecule has 1 amide bonds. The molecule has 3 aliphatic heterocycles. The Bertz CT molecular complexity index is 1260. The number of aliphatic hydroxyl groups excluding tert-OH is 3. The Hall–Kier alpha value is -1.53. The van der Waals surface area contributed by atoms with Crippen LogP contribution in [-0.2, 0) is 19.9 Å². The summed E-state index contributed by atoms with van der Waals surface area (Å²) in [6.45, 7) is 8.94. The Labute approximate surface area is 243 Å². The van der Waals surface area contributed by atoms with Crippen molar-refractivity contribution in [3.63, 3.8) is 0 Å². The summed E-state index contributed by atoms with van der Waals surface area (Å²) in [6, 6.07) is 5.73. The lowest BCUT2D eigenvalue weighted by molar-refractivity contribution is -0.165. The van der Waals surface area contributed by atoms with Gasteiger partial charge in [0.15, 0.2) is 0 Å². The number of halogens is 1. The molecular formula is C30H39IN2O6. The van der Waals surface area contributed by atoms with E-state index in [4.69, 9.17) is 4.74 Å². The third-order valence-electron chi connectivity index (χ3n) is 11.7. The summed E-state index contributed by atoms with van der Waals surface area (Å²) in [5.41, 5.74) is -1.25. The van der Waals surface area contributed by atoms with Crippen LogP contribution in [0.2, 0.25) is 0 Å². The summed E-state index contributed by atoms with van der Waals surface area (Å²) in [5, 5.41) is 36.1. The van der Waals surface area contributed by atoms with Gasteiger partial charge in [-0.2, -0.15) is 0 Å². The fourth-order valence-electron chi connectivity index (χ4n) is 9.82. The van der Waals surface area contributed by atoms with Crippen LogP contribution in [0.1, 0.15) is 51.5 Å². The molecule has 1 aromatic carbocycles. The number of amides is 1. The molecule has 6 rings (SSSR count). The number of allylic oxidation sites excluding steroid dienone is 1. The predicted octanol–water partition coefficient (Wildman–Crippen LogP) is 3.04. The van der Waals surface area contributed by atoms with Crippen molar-refractivity contribution in [3.05, 3.63) is 39.5 Å². The summed E-state index contributed by atoms with van der Waals surface area (Å²) in [5.74, 6) is -1.11. The Morgan fingerprint density at radius 1 is 1.21 bits per heavy atom. The van der Waals surface area contributed by atoms with Crippen molar-refractivity contribution in [3.8, 4) is 0 Å². The number of esters is 1. The summed E-state index contributed by atoms with van der Waals surface area (Å²) >= 11 is 2.21. The predicted molar refractivity (Wildman–Crippen MR) is 153 cm³/mol. The van der Waals surface area contributed by atoms with E-state index in [9.17, 15) is 24.9 Å². The smallest absolute Gasteiger partial charge is 0.318 e. The number of hydrogen-bond donors (Lipinski definition) is 4. The number of nitrogens with zero attached hydrogens (tertiary/aromatic N) is 1. The highest BCUT2D eigenvalue weighted by atomic mass is 127. The zero-order valence-electron chi connectivity index (χ0n) is 22.9. The van der Waals surface area contributed by atoms with Crippen LogP contribution in [0.15, 0.2) is 30.4 Å². The lowest BCUT2D eigenvalue weighted by Crippen LogP contribution is -2.62. The molecule has 1 unspecified atom stereocenters. The maximum atomic E-state index is 14.0. The van der Waals surface area contributed by atoms with Crippen LogP contribution in [-0.4, -0.2) is 71.1 Å². The topological polar surface area (TPSA) is 119 Å². The standard InChI is InChI=1S/C30H39IN2O6/c1-16-5-8-22-27(2,10-9-23(35)28(22,3)15-34)19(16)11-17-13-33(4)30(29(17)24(36)14-39-26(29)38)20-12-18(31)6-7-21(20)32-25(30)37/h6-7,12,17,19,22-24,34-36H,1,5,8-11,13-15H2,2-4H3,(H,32,37)/t17?,19-,22+,23-,24-,27-,28+,29+,30+/m1/s1. The number of rotatable bonds is 3. The van der Waals surface area contributed by atoms with Crippen molar-refractivity contribution in [2.24, 2.45) is 34.0 Å². The molecule has 212 valence electrons. The molecular weight excluding hydrogens is 611 g/mol. The number of likely N-dealkylation sites (N-methyl/N-ethyl adjacent to an activating group) is 1. The molecule has 1 aromatic rings. The van der Waals surface area contributed by atoms with E-state index in [0.29, 0.717) is 30.6 Å². The van der Waals surface area contributed by atoms with Crippen molar-refractivity contribution >= 4 is 40.2 Å². The number of likely N-dealkylation sites (tertiary alicyclic amines) is 1. The van der Waals surface area contributed by atoms with Gasteiger partial charge in [-0.3, -0.25) is 14.5 Å². The Morgan fingerprint density at radius 2 is 1.95 bits per heavy atom. The minimum Gasteiger partial charge on any atom is -0.462 e. The van der Waals surface area contributed by atoms with E-state index < -0.39 is 34.5 Å². The number of anilines is 1. The molecule has 0 radical (unpaired) electrons. The van der Waals surface area contributed by atoms with E-state index in [0.717, 1.165) is 28.4 Å². The van der Waals surface area contributed by atoms with Crippen molar-refractivity contribution in [1.29, 1.82) is 0 Å². The molecule has 0 aromatic heterocycles. The van der Waals surface area contributed by atoms with Gasteiger partial charge in [0.2, 0.25) is 0 Å². The normalized spacial score (nSPS) is 45.5. The van der Waals surface area contributed by atoms with Crippen molar-refractivity contribution < 1.29 is 29.6 Å². The Morgan fingerprint density at radius 3 is 2.62 bits per heavy atom. The molecule has 2 spiro atoms. The molecule has 4 N–H and O–H groups in total. The summed E-state index contributed by atoms with van der Waals surface area (Å²) in [7, 11) is 1.87. The van der Waals surface area contributed by atoms with Crippen LogP contribution in [0.4, 0.5) is 5.69 Å². The lowest BCUT2D eigenvalue weighted by Gasteiger charge is -2.60. The van der Waals surface area contributed by atoms with E-state index in [2.05, 4.69) is 41.4 Å². The largest absolute Gasteiger partial charge is 0.462 e. The average Bonchev–Trinajstić information content (AvgIpc) is 3.46. The highest BCUT2D eigenvalue weighted by molar-refractivity contribution is 14.1. The molecule has 3 heterocycles. The quantitative estimate of drug-likeness (QED) is 0.226. The van der Waals surface area contributed by atoms with Crippen LogP contribution in [0.3, 0.4) is 0 Å². The van der Waals surface area contributed by atoms with Gasteiger partial charge in [0, 0.05) is 26.8 Å². The Balaban J connectivity index is 1.48. The van der Waals surface area contributed by atoms with Gasteiger partial charge in [0.1, 0.15) is 23.7 Å². The van der Waals surface area contributed by atoms with Gasteiger partial charge >= 0.3 is 5.97 Å². The average molecular weight is 651 g/mol. The first kappa shape index (κ1) is 27.6. The maximum absolute atomic E-state index is 14.0. The molecule has 2 aliphatic carbocycles. The number of aliphatic hydroxyl groups is 3. The highest BCUT2D eigenvalue weighted by Crippen LogP contribution is 2.67. The number of ether oxygens (including phenoxy) is 1. The number of benzene rings is 1. The minimum absolute atomic E-state index is 0.000458. The number of nitrogens with one attached hydrogen (secondary N) is 1. The van der Waals surface area contributed by atoms with Gasteiger partial charge in [-0.15, -0.1) is 0 Å². The van der Waals surface area contributed by atoms with Gasteiger partial charge in [0.05, 0.1) is 12.7 Å². The second-order valence-electron chi connectivity index (χ2n) is 13.2. The first-order valence-corrected chi connectivity index (χ1v) is 15.1. The lowest BCUT2D eigenvalue weighted by atomic mass is 9.45. The van der Waals surface area contributed by atoms with Crippen LogP contribution >= 0.6 is 22.6 Å². The van der Waals surface area contributed by atoms with Crippen LogP contribution < -0.4 is 5.32 Å². The van der Waals surface area contributed by atoms with E-state index >= 15 is 0 Å². The number of fused-ring (bicyclic) bond motifs is 4. The summed E-state index contributed by atoms with van der Waals surface area (Å²) in [4.78, 5) is 30.0. The Kier molecular flexibility index (Phi) is 6.36. The summed E-state index contributed by atoms with van der Waals surface area (Å²) < 4.78 is 6.53. The molecule has 5 aliphatic rings. The zero-order valence-corrected chi connectivity index (χ0v) is 25.0. The van der Waals surface area contributed by atoms with Gasteiger partial charge in [-0.1, -0.05) is 26.0 Å². The van der Waals surface area contributed by atoms with Gasteiger partial charge in [-0.05, 0) is 103 Å². The molecule has 0 bridgehead atoms. The SMILES string of the molecule is C=C1CC[C@@H]2[C@](C)(CO)[C@H](O)CC[C@]2(C)[C@@H]1CC1CN(C)[C@@]2(C(=O)Nc3ccc(I)cc32)[C@@]12C(=O)OC[C@H]2O. The maximum Gasteiger partial charge on any atom is 0.318 e. The number of carbonyl (C=O) groups excluding carboxylic acids is 2. The van der Waals surface area contributed by atoms with Crippen molar-refractivity contribution in [2.75, 3.05) is 32.1 Å². The second-order valence-corrected chi connectivity index (χ2v) is 14.4. The zero-order chi connectivity index (χ0) is 28.1. The van der Waals surface area contributed by atoms with E-state index in [-0.39, 0.29) is 42.3 Å². The molecule has 9 atom stereocenters. The van der Waals surface area contributed by atoms with Gasteiger partial charge in [-0.25, -0.2) is 0 Å². The molecule has 2 saturated heterocycles. The fraction of sp³-hybridized carbons (Fsp3) is 0.667. The molecule has 2 saturated carbocycles. The summed E-state index contributed by atoms with van der Waals surface area (Å²) in [6.07, 6.45) is 1.84. The molecule has 4 fully saturated rings. The third kappa shape index (κ3) is 3.25. The van der Waals surface area contributed by atoms with Gasteiger partial charge in [0.25, 0.3) is 5.91 Å². The molecule has 39 heavy (non-hydrogen) atoms. The second kappa shape index (κ2) is 8.98. The van der Waals surface area contributed by atoms with E-state index in [1.54, 1.807) is 0 Å². The van der Waals surface area contributed by atoms with E-state index in [1.165, 1.54) is 0 Å². The molecule has 8 nitrogen and oxygen atoms in total. The van der Waals surface area contributed by atoms with Crippen molar-refractivity contribution in [2.45, 2.75) is 63.7 Å². The first-order valence-electron chi connectivity index (χ1n) is 14.0. The van der Waals surface area contributed by atoms with Crippen LogP contribution in [0.5, 0.6) is 0 Å².